The van der Waals surface area contributed by atoms with Gasteiger partial charge in [0.2, 0.25) is 0 Å². The molecule has 1 aromatic heterocycles. The van der Waals surface area contributed by atoms with Gasteiger partial charge < -0.3 is 9.47 Å². The van der Waals surface area contributed by atoms with Gasteiger partial charge in [0.25, 0.3) is 5.79 Å². The molecule has 242 valence electrons. The zero-order valence-corrected chi connectivity index (χ0v) is 27.8. The largest absolute Gasteiger partial charge is 0.497 e. The maximum absolute atomic E-state index is 5.73. The smallest absolute Gasteiger partial charge is 0.261 e. The van der Waals surface area contributed by atoms with Crippen molar-refractivity contribution in [3.05, 3.63) is 187 Å². The summed E-state index contributed by atoms with van der Waals surface area (Å²) in [6.45, 7) is 0. The molecule has 0 radical (unpaired) electrons. The van der Waals surface area contributed by atoms with E-state index in [0.717, 1.165) is 73.5 Å². The molecule has 6 heteroatoms. The van der Waals surface area contributed by atoms with Gasteiger partial charge >= 0.3 is 0 Å². The minimum atomic E-state index is -1.30. The van der Waals surface area contributed by atoms with Crippen LogP contribution in [0.5, 0.6) is 11.5 Å². The van der Waals surface area contributed by atoms with Crippen molar-refractivity contribution in [2.75, 3.05) is 14.2 Å². The minimum absolute atomic E-state index is 0.718. The van der Waals surface area contributed by atoms with Gasteiger partial charge in [0.05, 0.1) is 37.0 Å². The first-order valence-electron chi connectivity index (χ1n) is 16.5. The Bertz CT molecular complexity index is 2240. The zero-order chi connectivity index (χ0) is 33.9. The van der Waals surface area contributed by atoms with Crippen molar-refractivity contribution >= 4 is 11.4 Å². The molecule has 0 aliphatic carbocycles. The fourth-order valence-corrected chi connectivity index (χ4v) is 6.53. The molecule has 0 saturated carbocycles. The van der Waals surface area contributed by atoms with Gasteiger partial charge in [-0.2, -0.15) is 0 Å². The Morgan fingerprint density at radius 2 is 0.860 bits per heavy atom. The molecule has 0 saturated heterocycles. The Hall–Kier alpha value is -6.53. The number of imidazole rings is 1. The van der Waals surface area contributed by atoms with Crippen LogP contribution < -0.4 is 9.47 Å². The number of benzene rings is 6. The Labute approximate surface area is 291 Å². The first-order valence-corrected chi connectivity index (χ1v) is 16.5. The molecular formula is C44H34N4O2. The molecule has 6 nitrogen and oxygen atoms in total. The third-order valence-electron chi connectivity index (χ3n) is 8.96. The van der Waals surface area contributed by atoms with Crippen LogP contribution in [0, 0.1) is 0 Å². The monoisotopic (exact) mass is 650 g/mol. The zero-order valence-electron chi connectivity index (χ0n) is 27.8. The summed E-state index contributed by atoms with van der Waals surface area (Å²) >= 11 is 0. The molecule has 0 spiro atoms. The maximum atomic E-state index is 5.73. The van der Waals surface area contributed by atoms with Crippen LogP contribution in [0.3, 0.4) is 0 Å². The third kappa shape index (κ3) is 5.47. The van der Waals surface area contributed by atoms with Gasteiger partial charge in [-0.25, -0.2) is 15.0 Å². The Kier molecular flexibility index (Phi) is 8.11. The van der Waals surface area contributed by atoms with Gasteiger partial charge in [0.1, 0.15) is 17.3 Å². The number of ether oxygens (including phenoxy) is 2. The van der Waals surface area contributed by atoms with Crippen molar-refractivity contribution in [3.63, 3.8) is 0 Å². The summed E-state index contributed by atoms with van der Waals surface area (Å²) < 4.78 is 13.4. The fourth-order valence-electron chi connectivity index (χ4n) is 6.53. The minimum Gasteiger partial charge on any atom is -0.497 e. The van der Waals surface area contributed by atoms with E-state index in [4.69, 9.17) is 24.4 Å². The predicted octanol–water partition coefficient (Wildman–Crippen LogP) is 9.55. The number of aromatic nitrogens is 2. The van der Waals surface area contributed by atoms with Gasteiger partial charge in [-0.15, -0.1) is 0 Å². The van der Waals surface area contributed by atoms with Crippen molar-refractivity contribution in [1.29, 1.82) is 0 Å². The standard InChI is InChI=1S/C44H34N4O2/c1-49-37-27-23-35(24-28-37)43-45-41(33-19-11-5-12-20-33)42(34-21-13-6-14-22-34)48(43)44(36-25-29-38(50-2)30-26-36)46-39(31-15-7-3-8-16-31)40(47-44)32-17-9-4-10-18-32/h3-30H,1-2H3. The van der Waals surface area contributed by atoms with E-state index < -0.39 is 5.79 Å². The second kappa shape index (κ2) is 13.2. The van der Waals surface area contributed by atoms with Crippen LogP contribution in [0.2, 0.25) is 0 Å². The summed E-state index contributed by atoms with van der Waals surface area (Å²) in [7, 11) is 3.35. The molecule has 0 bridgehead atoms. The Morgan fingerprint density at radius 1 is 0.440 bits per heavy atom. The average molecular weight is 651 g/mol. The summed E-state index contributed by atoms with van der Waals surface area (Å²) in [4.78, 5) is 16.9. The highest BCUT2D eigenvalue weighted by atomic mass is 16.5. The molecule has 7 aromatic rings. The number of hydrogen-bond acceptors (Lipinski definition) is 5. The normalized spacial score (nSPS) is 13.4. The summed E-state index contributed by atoms with van der Waals surface area (Å²) in [6.07, 6.45) is 0. The van der Waals surface area contributed by atoms with Crippen LogP contribution in [0.4, 0.5) is 0 Å². The molecular weight excluding hydrogens is 617 g/mol. The molecule has 0 N–H and O–H groups in total. The highest BCUT2D eigenvalue weighted by Crippen LogP contribution is 2.46. The topological polar surface area (TPSA) is 61.0 Å². The molecule has 6 aromatic carbocycles. The molecule has 0 atom stereocenters. The van der Waals surface area contributed by atoms with E-state index in [-0.39, 0.29) is 0 Å². The summed E-state index contributed by atoms with van der Waals surface area (Å²) in [5.74, 6) is 0.923. The highest BCUT2D eigenvalue weighted by molar-refractivity contribution is 6.54. The Morgan fingerprint density at radius 3 is 1.32 bits per heavy atom. The molecule has 50 heavy (non-hydrogen) atoms. The van der Waals surface area contributed by atoms with Crippen molar-refractivity contribution in [2.45, 2.75) is 5.79 Å². The first-order chi connectivity index (χ1) is 24.7. The van der Waals surface area contributed by atoms with E-state index in [1.54, 1.807) is 14.2 Å². The second-order valence-electron chi connectivity index (χ2n) is 11.9. The number of hydrogen-bond donors (Lipinski definition) is 0. The lowest BCUT2D eigenvalue weighted by Crippen LogP contribution is -2.31. The fraction of sp³-hybridized carbons (Fsp3) is 0.0682. The van der Waals surface area contributed by atoms with Crippen LogP contribution in [0.25, 0.3) is 33.9 Å². The number of aliphatic imine (C=N–C) groups is 2. The van der Waals surface area contributed by atoms with Gasteiger partial charge in [0.15, 0.2) is 0 Å². The number of rotatable bonds is 9. The molecule has 0 unspecified atom stereocenters. The van der Waals surface area contributed by atoms with Crippen LogP contribution in [-0.2, 0) is 5.79 Å². The maximum Gasteiger partial charge on any atom is 0.261 e. The number of nitrogens with zero attached hydrogens (tertiary/aromatic N) is 4. The van der Waals surface area contributed by atoms with Crippen LogP contribution in [0.15, 0.2) is 180 Å². The van der Waals surface area contributed by atoms with Crippen molar-refractivity contribution in [1.82, 2.24) is 9.55 Å². The SMILES string of the molecule is COc1ccc(-c2nc(-c3ccccc3)c(-c3ccccc3)n2C2(c3ccc(OC)cc3)N=C(c3ccccc3)C(c3ccccc3)=N2)cc1. The van der Waals surface area contributed by atoms with E-state index in [1.807, 2.05) is 97.1 Å². The highest BCUT2D eigenvalue weighted by Gasteiger charge is 2.45. The molecule has 0 fully saturated rings. The average Bonchev–Trinajstić information content (AvgIpc) is 3.81. The lowest BCUT2D eigenvalue weighted by Gasteiger charge is -2.30. The van der Waals surface area contributed by atoms with Crippen molar-refractivity contribution in [2.24, 2.45) is 9.98 Å². The van der Waals surface area contributed by atoms with E-state index in [9.17, 15) is 0 Å². The van der Waals surface area contributed by atoms with Crippen molar-refractivity contribution in [3.8, 4) is 45.4 Å². The first kappa shape index (κ1) is 30.8. The molecule has 1 aliphatic rings. The molecule has 0 amide bonds. The summed E-state index contributed by atoms with van der Waals surface area (Å²) in [5.41, 5.74) is 9.00. The van der Waals surface area contributed by atoms with E-state index in [2.05, 4.69) is 77.4 Å². The van der Waals surface area contributed by atoms with Gasteiger partial charge in [-0.1, -0.05) is 121 Å². The molecule has 8 rings (SSSR count). The quantitative estimate of drug-likeness (QED) is 0.156. The lowest BCUT2D eigenvalue weighted by atomic mass is 10.0. The van der Waals surface area contributed by atoms with Crippen molar-refractivity contribution < 1.29 is 9.47 Å². The number of methoxy groups -OCH3 is 2. The van der Waals surface area contributed by atoms with E-state index >= 15 is 0 Å². The van der Waals surface area contributed by atoms with Gasteiger partial charge in [0, 0.05) is 33.4 Å². The lowest BCUT2D eigenvalue weighted by molar-refractivity contribution is 0.401. The second-order valence-corrected chi connectivity index (χ2v) is 11.9. The summed E-state index contributed by atoms with van der Waals surface area (Å²) in [5, 5.41) is 0. The van der Waals surface area contributed by atoms with Crippen LogP contribution >= 0.6 is 0 Å². The predicted molar refractivity (Wildman–Crippen MR) is 201 cm³/mol. The van der Waals surface area contributed by atoms with Gasteiger partial charge in [-0.3, -0.25) is 4.57 Å². The van der Waals surface area contributed by atoms with Gasteiger partial charge in [-0.05, 0) is 48.5 Å². The summed E-state index contributed by atoms with van der Waals surface area (Å²) in [6, 6.07) is 57.3. The van der Waals surface area contributed by atoms with Crippen LogP contribution in [-0.4, -0.2) is 35.2 Å². The molecule has 2 heterocycles. The van der Waals surface area contributed by atoms with Crippen LogP contribution in [0.1, 0.15) is 16.7 Å². The molecule has 1 aliphatic heterocycles. The van der Waals surface area contributed by atoms with E-state index in [0.29, 0.717) is 0 Å². The third-order valence-corrected chi connectivity index (χ3v) is 8.96. The van der Waals surface area contributed by atoms with E-state index in [1.165, 1.54) is 0 Å². The Balaban J connectivity index is 1.55.